The average Bonchev–Trinajstić information content (AvgIpc) is 2.75. The van der Waals surface area contributed by atoms with E-state index < -0.39 is 6.41 Å². The number of ether oxygens (including phenoxy) is 1. The fourth-order valence-corrected chi connectivity index (χ4v) is 3.51. The summed E-state index contributed by atoms with van der Waals surface area (Å²) in [6, 6.07) is 0. The summed E-state index contributed by atoms with van der Waals surface area (Å²) in [4.78, 5) is 11.7. The lowest BCUT2D eigenvalue weighted by Crippen LogP contribution is -2.19. The van der Waals surface area contributed by atoms with Gasteiger partial charge < -0.3 is 25.6 Å². The Hall–Kier alpha value is -1.51. The van der Waals surface area contributed by atoms with Crippen LogP contribution in [0.1, 0.15) is 110 Å². The Morgan fingerprint density at radius 3 is 1.74 bits per heavy atom. The smallest absolute Gasteiger partial charge is 0.235 e. The lowest BCUT2D eigenvalue weighted by Gasteiger charge is -2.08. The molecule has 0 saturated heterocycles. The molecule has 0 fully saturated rings. The molecule has 0 aromatic carbocycles. The van der Waals surface area contributed by atoms with E-state index >= 15 is 0 Å². The maximum Gasteiger partial charge on any atom is 0.235 e. The van der Waals surface area contributed by atoms with E-state index in [-0.39, 0.29) is 5.95 Å². The van der Waals surface area contributed by atoms with Gasteiger partial charge in [-0.15, -0.1) is 0 Å². The highest BCUT2D eigenvalue weighted by Gasteiger charge is 2.03. The van der Waals surface area contributed by atoms with Gasteiger partial charge in [-0.1, -0.05) is 103 Å². The van der Waals surface area contributed by atoms with Gasteiger partial charge in [-0.2, -0.15) is 4.98 Å². The first kappa shape index (κ1) is 27.5. The van der Waals surface area contributed by atoms with Crippen LogP contribution in [0, 0.1) is 0 Å². The number of aliphatic hydroxyl groups is 2. The molecule has 0 saturated carbocycles. The van der Waals surface area contributed by atoms with E-state index in [4.69, 9.17) is 14.9 Å². The van der Waals surface area contributed by atoms with Crippen LogP contribution >= 0.6 is 0 Å². The summed E-state index contributed by atoms with van der Waals surface area (Å²) in [7, 11) is 0. The summed E-state index contributed by atoms with van der Waals surface area (Å²) < 4.78 is 5.55. The van der Waals surface area contributed by atoms with Crippen LogP contribution in [0.25, 0.3) is 0 Å². The number of hydrogen-bond acceptors (Lipinski definition) is 8. The van der Waals surface area contributed by atoms with Crippen molar-refractivity contribution in [1.82, 2.24) is 15.0 Å². The molecule has 180 valence electrons. The molecule has 0 radical (unpaired) electrons. The standard InChI is InChI=1S/C23H45N5O3/c1-2-3-4-5-6-7-8-9-10-11-12-13-14-15-16-17-18-31-20-26-21-24-19-25-22(27-21)28-23(29)30/h19,23,29-30H,2-18,20H2,1H3,(H2,24,25,26,27,28). The molecule has 1 aromatic heterocycles. The number of anilines is 2. The summed E-state index contributed by atoms with van der Waals surface area (Å²) in [5.74, 6) is 0.412. The maximum atomic E-state index is 8.84. The predicted molar refractivity (Wildman–Crippen MR) is 126 cm³/mol. The third-order valence-corrected chi connectivity index (χ3v) is 5.30. The average molecular weight is 440 g/mol. The molecule has 0 unspecified atom stereocenters. The molecule has 0 atom stereocenters. The van der Waals surface area contributed by atoms with Crippen LogP contribution in [0.15, 0.2) is 6.33 Å². The van der Waals surface area contributed by atoms with Gasteiger partial charge in [-0.25, -0.2) is 9.97 Å². The fourth-order valence-electron chi connectivity index (χ4n) is 3.51. The Kier molecular flexibility index (Phi) is 18.1. The molecule has 0 bridgehead atoms. The molecule has 1 heterocycles. The van der Waals surface area contributed by atoms with Gasteiger partial charge in [0.2, 0.25) is 18.3 Å². The van der Waals surface area contributed by atoms with Crippen molar-refractivity contribution in [2.45, 2.75) is 116 Å². The number of nitrogens with zero attached hydrogens (tertiary/aromatic N) is 3. The Balaban J connectivity index is 1.79. The second-order valence-electron chi connectivity index (χ2n) is 8.18. The molecule has 0 aliphatic heterocycles. The second kappa shape index (κ2) is 20.4. The zero-order valence-corrected chi connectivity index (χ0v) is 19.5. The molecular weight excluding hydrogens is 394 g/mol. The predicted octanol–water partition coefficient (Wildman–Crippen LogP) is 5.20. The van der Waals surface area contributed by atoms with Crippen molar-refractivity contribution < 1.29 is 14.9 Å². The summed E-state index contributed by atoms with van der Waals surface area (Å²) in [5.41, 5.74) is 0. The van der Waals surface area contributed by atoms with Crippen LogP contribution in [0.3, 0.4) is 0 Å². The summed E-state index contributed by atoms with van der Waals surface area (Å²) in [6.45, 7) is 3.29. The number of unbranched alkanes of at least 4 members (excludes halogenated alkanes) is 15. The summed E-state index contributed by atoms with van der Waals surface area (Å²) >= 11 is 0. The lowest BCUT2D eigenvalue weighted by atomic mass is 10.0. The van der Waals surface area contributed by atoms with Crippen LogP contribution in [0.2, 0.25) is 0 Å². The first-order valence-corrected chi connectivity index (χ1v) is 12.4. The number of nitrogens with one attached hydrogen (secondary N) is 2. The minimum atomic E-state index is -1.71. The summed E-state index contributed by atoms with van der Waals surface area (Å²) in [6.07, 6.45) is 21.3. The SMILES string of the molecule is CCCCCCCCCCCCCCCCCCOCNc1ncnc(NC(O)O)n1. The van der Waals surface area contributed by atoms with Gasteiger partial charge in [0.15, 0.2) is 0 Å². The number of aliphatic hydroxyl groups excluding tert-OH is 1. The van der Waals surface area contributed by atoms with E-state index in [2.05, 4.69) is 32.5 Å². The van der Waals surface area contributed by atoms with E-state index in [1.165, 1.54) is 103 Å². The molecule has 4 N–H and O–H groups in total. The minimum absolute atomic E-state index is 0.0882. The van der Waals surface area contributed by atoms with Gasteiger partial charge in [0.05, 0.1) is 0 Å². The topological polar surface area (TPSA) is 112 Å². The van der Waals surface area contributed by atoms with Crippen LogP contribution in [-0.4, -0.2) is 44.9 Å². The van der Waals surface area contributed by atoms with Gasteiger partial charge in [0, 0.05) is 6.61 Å². The van der Waals surface area contributed by atoms with Crippen LogP contribution < -0.4 is 10.6 Å². The van der Waals surface area contributed by atoms with Crippen molar-refractivity contribution in [2.75, 3.05) is 24.0 Å². The molecule has 0 aliphatic rings. The van der Waals surface area contributed by atoms with Crippen molar-refractivity contribution in [3.8, 4) is 0 Å². The Morgan fingerprint density at radius 2 is 1.23 bits per heavy atom. The van der Waals surface area contributed by atoms with E-state index in [0.717, 1.165) is 6.42 Å². The van der Waals surface area contributed by atoms with E-state index in [9.17, 15) is 0 Å². The zero-order chi connectivity index (χ0) is 22.4. The van der Waals surface area contributed by atoms with Gasteiger partial charge in [-0.3, -0.25) is 0 Å². The number of aromatic nitrogens is 3. The highest BCUT2D eigenvalue weighted by atomic mass is 16.5. The first-order valence-electron chi connectivity index (χ1n) is 12.4. The Labute approximate surface area is 188 Å². The molecule has 8 nitrogen and oxygen atoms in total. The minimum Gasteiger partial charge on any atom is -0.361 e. The third kappa shape index (κ3) is 17.8. The molecule has 0 aliphatic carbocycles. The molecule has 31 heavy (non-hydrogen) atoms. The molecule has 1 rings (SSSR count). The normalized spacial score (nSPS) is 11.2. The van der Waals surface area contributed by atoms with E-state index in [0.29, 0.717) is 19.3 Å². The number of rotatable bonds is 22. The monoisotopic (exact) mass is 439 g/mol. The largest absolute Gasteiger partial charge is 0.361 e. The van der Waals surface area contributed by atoms with Gasteiger partial charge in [-0.05, 0) is 6.42 Å². The van der Waals surface area contributed by atoms with Crippen LogP contribution in [0.5, 0.6) is 0 Å². The molecular formula is C23H45N5O3. The molecule has 0 spiro atoms. The van der Waals surface area contributed by atoms with E-state index in [1.807, 2.05) is 0 Å². The zero-order valence-electron chi connectivity index (χ0n) is 19.5. The second-order valence-corrected chi connectivity index (χ2v) is 8.18. The maximum absolute atomic E-state index is 8.84. The highest BCUT2D eigenvalue weighted by molar-refractivity contribution is 5.32. The summed E-state index contributed by atoms with van der Waals surface area (Å²) in [5, 5.41) is 22.9. The highest BCUT2D eigenvalue weighted by Crippen LogP contribution is 2.13. The van der Waals surface area contributed by atoms with Crippen molar-refractivity contribution in [3.63, 3.8) is 0 Å². The fraction of sp³-hybridized carbons (Fsp3) is 0.870. The van der Waals surface area contributed by atoms with E-state index in [1.54, 1.807) is 0 Å². The van der Waals surface area contributed by atoms with Gasteiger partial charge in [0.25, 0.3) is 0 Å². The Morgan fingerprint density at radius 1 is 0.742 bits per heavy atom. The first-order chi connectivity index (χ1) is 15.2. The third-order valence-electron chi connectivity index (χ3n) is 5.30. The van der Waals surface area contributed by atoms with Crippen molar-refractivity contribution in [3.05, 3.63) is 6.33 Å². The lowest BCUT2D eigenvalue weighted by molar-refractivity contribution is -0.0153. The Bertz CT molecular complexity index is 520. The molecule has 8 heteroatoms. The van der Waals surface area contributed by atoms with Crippen LogP contribution in [0.4, 0.5) is 11.9 Å². The van der Waals surface area contributed by atoms with Crippen molar-refractivity contribution >= 4 is 11.9 Å². The number of hydrogen-bond donors (Lipinski definition) is 4. The molecule has 0 amide bonds. The van der Waals surface area contributed by atoms with Crippen LogP contribution in [-0.2, 0) is 4.74 Å². The molecule has 1 aromatic rings. The van der Waals surface area contributed by atoms with Gasteiger partial charge in [0.1, 0.15) is 13.1 Å². The van der Waals surface area contributed by atoms with Crippen molar-refractivity contribution in [2.24, 2.45) is 0 Å². The van der Waals surface area contributed by atoms with Gasteiger partial charge >= 0.3 is 0 Å². The quantitative estimate of drug-likeness (QED) is 0.144. The van der Waals surface area contributed by atoms with Crippen molar-refractivity contribution in [1.29, 1.82) is 0 Å².